The number of hydrogen-bond donors (Lipinski definition) is 0. The molecule has 1 aromatic carbocycles. The van der Waals surface area contributed by atoms with Crippen LogP contribution in [0, 0.1) is 10.8 Å². The van der Waals surface area contributed by atoms with E-state index in [9.17, 15) is 0 Å². The van der Waals surface area contributed by atoms with Crippen molar-refractivity contribution >= 4 is 11.4 Å². The summed E-state index contributed by atoms with van der Waals surface area (Å²) in [5.74, 6) is 0. The molecule has 8 nitrogen and oxygen atoms in total. The van der Waals surface area contributed by atoms with Crippen LogP contribution >= 0.6 is 0 Å². The summed E-state index contributed by atoms with van der Waals surface area (Å²) in [4.78, 5) is 4.56. The maximum atomic E-state index is 5.83. The molecular formula is C22H31N5O3. The molecule has 2 aromatic rings. The molecule has 3 aliphatic heterocycles. The van der Waals surface area contributed by atoms with Crippen LogP contribution < -0.4 is 9.80 Å². The van der Waals surface area contributed by atoms with E-state index in [1.165, 1.54) is 5.69 Å². The Balaban J connectivity index is 1.30. The lowest BCUT2D eigenvalue weighted by atomic mass is 9.77. The Kier molecular flexibility index (Phi) is 4.76. The van der Waals surface area contributed by atoms with Gasteiger partial charge in [0.25, 0.3) is 0 Å². The summed E-state index contributed by atoms with van der Waals surface area (Å²) in [6.07, 6.45) is 1.69. The topological polar surface area (TPSA) is 64.9 Å². The zero-order chi connectivity index (χ0) is 20.9. The predicted molar refractivity (Wildman–Crippen MR) is 115 cm³/mol. The number of ether oxygens (including phenoxy) is 3. The van der Waals surface area contributed by atoms with Crippen molar-refractivity contribution in [3.05, 3.63) is 24.4 Å². The predicted octanol–water partition coefficient (Wildman–Crippen LogP) is 2.25. The van der Waals surface area contributed by atoms with Gasteiger partial charge in [0.1, 0.15) is 5.69 Å². The molecule has 3 saturated heterocycles. The Hall–Kier alpha value is -2.16. The van der Waals surface area contributed by atoms with Gasteiger partial charge in [0.2, 0.25) is 0 Å². The van der Waals surface area contributed by atoms with Crippen molar-refractivity contribution in [3.63, 3.8) is 0 Å². The molecule has 0 radical (unpaired) electrons. The molecule has 4 heterocycles. The van der Waals surface area contributed by atoms with E-state index in [-0.39, 0.29) is 11.7 Å². The average molecular weight is 414 g/mol. The van der Waals surface area contributed by atoms with Crippen molar-refractivity contribution in [2.75, 3.05) is 63.4 Å². The van der Waals surface area contributed by atoms with E-state index in [0.717, 1.165) is 43.2 Å². The summed E-state index contributed by atoms with van der Waals surface area (Å²) < 4.78 is 18.9. The normalized spacial score (nSPS) is 22.6. The van der Waals surface area contributed by atoms with Gasteiger partial charge in [-0.25, -0.2) is 4.68 Å². The largest absolute Gasteiger partial charge is 0.380 e. The van der Waals surface area contributed by atoms with E-state index in [0.29, 0.717) is 25.2 Å². The second kappa shape index (κ2) is 7.21. The van der Waals surface area contributed by atoms with Crippen LogP contribution in [0.4, 0.5) is 11.4 Å². The molecule has 0 amide bonds. The number of nitrogens with zero attached hydrogens (tertiary/aromatic N) is 5. The van der Waals surface area contributed by atoms with E-state index in [2.05, 4.69) is 66.3 Å². The third-order valence-corrected chi connectivity index (χ3v) is 6.17. The van der Waals surface area contributed by atoms with Crippen molar-refractivity contribution in [3.8, 4) is 11.3 Å². The molecule has 1 aromatic heterocycles. The van der Waals surface area contributed by atoms with Crippen molar-refractivity contribution < 1.29 is 14.2 Å². The Morgan fingerprint density at radius 3 is 2.47 bits per heavy atom. The lowest BCUT2D eigenvalue weighted by Gasteiger charge is -2.56. The molecule has 3 fully saturated rings. The number of aromatic nitrogens is 3. The molecule has 0 saturated carbocycles. The van der Waals surface area contributed by atoms with Gasteiger partial charge in [-0.2, -0.15) is 0 Å². The van der Waals surface area contributed by atoms with Crippen LogP contribution in [-0.4, -0.2) is 74.9 Å². The zero-order valence-electron chi connectivity index (χ0n) is 18.3. The van der Waals surface area contributed by atoms with Crippen molar-refractivity contribution in [1.29, 1.82) is 0 Å². The number of anilines is 2. The SMILES string of the molecule is CN(C)c1cc(N2CC3(COC3)C2)ccc1-c1cn(CC2OCC(C)(C)CO2)nn1. The molecule has 0 aliphatic carbocycles. The monoisotopic (exact) mass is 413 g/mol. The first kappa shape index (κ1) is 19.8. The van der Waals surface area contributed by atoms with Gasteiger partial charge in [-0.3, -0.25) is 0 Å². The summed E-state index contributed by atoms with van der Waals surface area (Å²) in [6.45, 7) is 10.2. The fourth-order valence-corrected chi connectivity index (χ4v) is 4.32. The first-order chi connectivity index (χ1) is 14.3. The van der Waals surface area contributed by atoms with Crippen LogP contribution in [0.5, 0.6) is 0 Å². The molecule has 8 heteroatoms. The van der Waals surface area contributed by atoms with Gasteiger partial charge in [0.15, 0.2) is 6.29 Å². The van der Waals surface area contributed by atoms with Crippen LogP contribution in [-0.2, 0) is 20.8 Å². The number of hydrogen-bond acceptors (Lipinski definition) is 7. The number of rotatable bonds is 5. The van der Waals surface area contributed by atoms with Crippen LogP contribution in [0.1, 0.15) is 13.8 Å². The summed E-state index contributed by atoms with van der Waals surface area (Å²) in [7, 11) is 4.13. The molecule has 1 spiro atoms. The maximum Gasteiger partial charge on any atom is 0.177 e. The molecule has 0 unspecified atom stereocenters. The highest BCUT2D eigenvalue weighted by atomic mass is 16.7. The van der Waals surface area contributed by atoms with E-state index >= 15 is 0 Å². The van der Waals surface area contributed by atoms with Crippen molar-refractivity contribution in [1.82, 2.24) is 15.0 Å². The van der Waals surface area contributed by atoms with Crippen molar-refractivity contribution in [2.24, 2.45) is 10.8 Å². The Morgan fingerprint density at radius 2 is 1.83 bits per heavy atom. The first-order valence-corrected chi connectivity index (χ1v) is 10.6. The minimum Gasteiger partial charge on any atom is -0.380 e. The van der Waals surface area contributed by atoms with Gasteiger partial charge in [-0.1, -0.05) is 19.1 Å². The third-order valence-electron chi connectivity index (χ3n) is 6.17. The first-order valence-electron chi connectivity index (χ1n) is 10.6. The number of benzene rings is 1. The summed E-state index contributed by atoms with van der Waals surface area (Å²) in [5.41, 5.74) is 4.78. The molecule has 0 N–H and O–H groups in total. The van der Waals surface area contributed by atoms with Gasteiger partial charge in [0, 0.05) is 49.5 Å². The average Bonchev–Trinajstić information content (AvgIpc) is 3.09. The minimum atomic E-state index is -0.280. The fourth-order valence-electron chi connectivity index (χ4n) is 4.32. The second-order valence-electron chi connectivity index (χ2n) is 9.99. The summed E-state index contributed by atoms with van der Waals surface area (Å²) in [6, 6.07) is 6.58. The quantitative estimate of drug-likeness (QED) is 0.745. The van der Waals surface area contributed by atoms with E-state index in [1.807, 2.05) is 6.20 Å². The van der Waals surface area contributed by atoms with Crippen LogP contribution in [0.2, 0.25) is 0 Å². The van der Waals surface area contributed by atoms with E-state index in [4.69, 9.17) is 14.2 Å². The highest BCUT2D eigenvalue weighted by Crippen LogP contribution is 2.42. The molecule has 3 aliphatic rings. The summed E-state index contributed by atoms with van der Waals surface area (Å²) in [5, 5.41) is 8.73. The minimum absolute atomic E-state index is 0.0636. The van der Waals surface area contributed by atoms with Gasteiger partial charge in [-0.05, 0) is 18.2 Å². The smallest absolute Gasteiger partial charge is 0.177 e. The highest BCUT2D eigenvalue weighted by molar-refractivity contribution is 5.79. The zero-order valence-corrected chi connectivity index (χ0v) is 18.3. The van der Waals surface area contributed by atoms with E-state index in [1.54, 1.807) is 4.68 Å². The molecule has 162 valence electrons. The molecule has 0 atom stereocenters. The Morgan fingerprint density at radius 1 is 1.10 bits per heavy atom. The molecule has 5 rings (SSSR count). The van der Waals surface area contributed by atoms with Crippen LogP contribution in [0.3, 0.4) is 0 Å². The van der Waals surface area contributed by atoms with Gasteiger partial charge < -0.3 is 24.0 Å². The lowest BCUT2D eigenvalue weighted by molar-refractivity contribution is -0.227. The molecular weight excluding hydrogens is 382 g/mol. The highest BCUT2D eigenvalue weighted by Gasteiger charge is 2.49. The molecule has 30 heavy (non-hydrogen) atoms. The maximum absolute atomic E-state index is 5.83. The van der Waals surface area contributed by atoms with Crippen LogP contribution in [0.15, 0.2) is 24.4 Å². The Labute approximate surface area is 177 Å². The van der Waals surface area contributed by atoms with Gasteiger partial charge >= 0.3 is 0 Å². The summed E-state index contributed by atoms with van der Waals surface area (Å²) >= 11 is 0. The van der Waals surface area contributed by atoms with Gasteiger partial charge in [-0.15, -0.1) is 5.10 Å². The van der Waals surface area contributed by atoms with Crippen molar-refractivity contribution in [2.45, 2.75) is 26.7 Å². The van der Waals surface area contributed by atoms with Crippen LogP contribution in [0.25, 0.3) is 11.3 Å². The Bertz CT molecular complexity index is 903. The lowest BCUT2D eigenvalue weighted by Crippen LogP contribution is -2.66. The van der Waals surface area contributed by atoms with E-state index < -0.39 is 0 Å². The third kappa shape index (κ3) is 3.68. The van der Waals surface area contributed by atoms with Gasteiger partial charge in [0.05, 0.1) is 44.6 Å². The fraction of sp³-hybridized carbons (Fsp3) is 0.636. The second-order valence-corrected chi connectivity index (χ2v) is 9.99. The molecule has 0 bridgehead atoms. The standard InChI is InChI=1S/C22H31N5O3/c1-21(2)12-29-20(30-13-21)9-27-8-18(23-24-27)17-6-5-16(7-19(17)25(3)4)26-10-22(11-26)14-28-15-22/h5-8,20H,9-15H2,1-4H3.